The van der Waals surface area contributed by atoms with Gasteiger partial charge in [0, 0.05) is 22.2 Å². The molecule has 4 rings (SSSR count). The topological polar surface area (TPSA) is 134 Å². The molecule has 0 bridgehead atoms. The average molecular weight is 815 g/mol. The van der Waals surface area contributed by atoms with Crippen LogP contribution in [0.15, 0.2) is 0 Å². The van der Waals surface area contributed by atoms with Crippen LogP contribution in [0.25, 0.3) is 0 Å². The molecule has 4 N–H and O–H groups in total. The number of aromatic nitrogens is 4. The third kappa shape index (κ3) is 14.0. The molecule has 258 valence electrons. The summed E-state index contributed by atoms with van der Waals surface area (Å²) >= 11 is 14.2. The molecular weight excluding hydrogens is 761 g/mol. The summed E-state index contributed by atoms with van der Waals surface area (Å²) in [5.74, 6) is 1.27. The minimum absolute atomic E-state index is 0. The van der Waals surface area contributed by atoms with Gasteiger partial charge in [0.2, 0.25) is 22.4 Å². The molecule has 2 aliphatic rings. The number of alkyl halides is 1. The number of anilines is 2. The minimum atomic E-state index is -0.463. The van der Waals surface area contributed by atoms with E-state index in [0.29, 0.717) is 11.6 Å². The fourth-order valence-corrected chi connectivity index (χ4v) is 5.61. The van der Waals surface area contributed by atoms with Crippen LogP contribution in [-0.4, -0.2) is 59.8 Å². The van der Waals surface area contributed by atoms with Gasteiger partial charge in [-0.3, -0.25) is 9.59 Å². The maximum Gasteiger partial charge on any atom is 1.00 e. The fraction of sp³-hybridized carbons (Fsp3) is 0.667. The van der Waals surface area contributed by atoms with Crippen molar-refractivity contribution in [2.75, 3.05) is 15.6 Å². The zero-order valence-electron chi connectivity index (χ0n) is 31.0. The molecule has 2 aromatic heterocycles. The fourth-order valence-electron chi connectivity index (χ4n) is 5.23. The summed E-state index contributed by atoms with van der Waals surface area (Å²) < 4.78 is 0. The standard InChI is InChI=1S/C16H25ClN4O.C16H23ClN4O.CH3I.Na.H/c2*1-9(2)12(14(22)21-16(3,4)5)19-13-10-7-6-8-11(10)18-15(17)20-13;1-2;;/h9,12H,6-8H2,1-5H3,(H,21,22)(H,18,19,20);9,12H,1,6-8H2,2-5H3,(H-,18,19,20,21,22);1H3;;/q;;;+1;-1/p+1/t12-;9?,12-;;;/m11.../s1. The molecule has 14 heteroatoms. The van der Waals surface area contributed by atoms with Crippen LogP contribution in [0.5, 0.6) is 0 Å². The number of halogens is 3. The van der Waals surface area contributed by atoms with Gasteiger partial charge in [-0.15, -0.1) is 0 Å². The summed E-state index contributed by atoms with van der Waals surface area (Å²) in [6.07, 6.45) is 5.77. The van der Waals surface area contributed by atoms with Gasteiger partial charge in [-0.1, -0.05) is 36.4 Å². The normalized spacial score (nSPS) is 15.3. The molecule has 0 radical (unpaired) electrons. The molecule has 2 aliphatic carbocycles. The molecule has 2 aromatic rings. The molecule has 0 aromatic carbocycles. The second-order valence-electron chi connectivity index (χ2n) is 14.2. The molecule has 47 heavy (non-hydrogen) atoms. The van der Waals surface area contributed by atoms with E-state index in [4.69, 9.17) is 23.2 Å². The summed E-state index contributed by atoms with van der Waals surface area (Å²) in [6, 6.07) is -0.815. The van der Waals surface area contributed by atoms with Crippen molar-refractivity contribution >= 4 is 69.2 Å². The second-order valence-corrected chi connectivity index (χ2v) is 14.9. The molecule has 3 atom stereocenters. The van der Waals surface area contributed by atoms with Crippen molar-refractivity contribution in [3.63, 3.8) is 0 Å². The first-order valence-electron chi connectivity index (χ1n) is 15.8. The third-order valence-electron chi connectivity index (χ3n) is 7.19. The number of fused-ring (bicyclic) bond motifs is 2. The molecule has 2 heterocycles. The van der Waals surface area contributed by atoms with E-state index in [0.717, 1.165) is 61.0 Å². The van der Waals surface area contributed by atoms with Crippen LogP contribution in [0.1, 0.15) is 99.1 Å². The summed E-state index contributed by atoms with van der Waals surface area (Å²) in [7, 11) is 0. The van der Waals surface area contributed by atoms with E-state index in [-0.39, 0.29) is 82.3 Å². The van der Waals surface area contributed by atoms with Gasteiger partial charge in [0.15, 0.2) is 0 Å². The molecule has 0 saturated carbocycles. The summed E-state index contributed by atoms with van der Waals surface area (Å²) in [4.78, 5) is 44.2. The van der Waals surface area contributed by atoms with Gasteiger partial charge in [-0.2, -0.15) is 0 Å². The van der Waals surface area contributed by atoms with Crippen molar-refractivity contribution in [3.05, 3.63) is 40.0 Å². The van der Waals surface area contributed by atoms with E-state index >= 15 is 0 Å². The van der Waals surface area contributed by atoms with Crippen LogP contribution in [0.2, 0.25) is 10.6 Å². The number of carbonyl (C=O) groups excluding carboxylic acids is 2. The summed E-state index contributed by atoms with van der Waals surface area (Å²) in [5, 5.41) is 13.0. The van der Waals surface area contributed by atoms with E-state index < -0.39 is 6.04 Å². The van der Waals surface area contributed by atoms with E-state index in [1.54, 1.807) is 0 Å². The quantitative estimate of drug-likeness (QED) is 0.104. The maximum absolute atomic E-state index is 12.5. The first-order chi connectivity index (χ1) is 21.3. The number of nitrogens with one attached hydrogen (secondary N) is 4. The first-order valence-corrected chi connectivity index (χ1v) is 18.7. The maximum atomic E-state index is 12.5. The summed E-state index contributed by atoms with van der Waals surface area (Å²) in [6.45, 7) is 21.7. The van der Waals surface area contributed by atoms with Crippen LogP contribution in [-0.2, 0) is 35.3 Å². The third-order valence-corrected chi connectivity index (χ3v) is 7.53. The van der Waals surface area contributed by atoms with Crippen molar-refractivity contribution in [1.29, 1.82) is 0 Å². The molecule has 0 saturated heterocycles. The SMILES string of the molecule is CC(C)[C@@H](Nc1nc(Cl)nc2c1CCC2)C(=O)NC(C)(C)C.CI.[CH2+]C(C)[C@@H](Nc1nc(Cl)nc2c1CCC2)C(=O)NC(C)(C)C.[H-].[Na+]. The van der Waals surface area contributed by atoms with Crippen molar-refractivity contribution in [2.45, 2.75) is 124 Å². The number of aryl methyl sites for hydroxylation is 2. The summed E-state index contributed by atoms with van der Waals surface area (Å²) in [5.41, 5.74) is 3.58. The Labute approximate surface area is 329 Å². The van der Waals surface area contributed by atoms with Gasteiger partial charge >= 0.3 is 29.6 Å². The van der Waals surface area contributed by atoms with E-state index in [1.807, 2.05) is 67.2 Å². The predicted molar refractivity (Wildman–Crippen MR) is 199 cm³/mol. The molecule has 1 unspecified atom stereocenters. The Morgan fingerprint density at radius 2 is 1.09 bits per heavy atom. The number of hydrogen-bond acceptors (Lipinski definition) is 8. The van der Waals surface area contributed by atoms with Crippen molar-refractivity contribution in [1.82, 2.24) is 30.6 Å². The molecule has 0 spiro atoms. The Hall–Kier alpha value is -1.12. The second kappa shape index (κ2) is 19.3. The average Bonchev–Trinajstić information content (AvgIpc) is 3.58. The van der Waals surface area contributed by atoms with Crippen LogP contribution in [0, 0.1) is 18.8 Å². The Balaban J connectivity index is 0.000000842. The molecule has 2 amide bonds. The van der Waals surface area contributed by atoms with Crippen LogP contribution in [0.4, 0.5) is 11.6 Å². The molecule has 0 aliphatic heterocycles. The predicted octanol–water partition coefficient (Wildman–Crippen LogP) is 3.92. The van der Waals surface area contributed by atoms with Gasteiger partial charge in [-0.05, 0) is 121 Å². The number of rotatable bonds is 8. The van der Waals surface area contributed by atoms with Gasteiger partial charge < -0.3 is 22.7 Å². The van der Waals surface area contributed by atoms with Crippen molar-refractivity contribution < 1.29 is 40.6 Å². The Morgan fingerprint density at radius 1 is 0.723 bits per heavy atom. The van der Waals surface area contributed by atoms with Crippen LogP contribution < -0.4 is 50.8 Å². The van der Waals surface area contributed by atoms with E-state index in [1.165, 1.54) is 0 Å². The zero-order chi connectivity index (χ0) is 35.0. The van der Waals surface area contributed by atoms with Gasteiger partial charge in [0.05, 0.1) is 18.3 Å². The number of amides is 2. The number of hydrogen-bond donors (Lipinski definition) is 4. The smallest absolute Gasteiger partial charge is 1.00 e. The molecular formula is C33H53Cl2IN8NaO2+. The zero-order valence-corrected chi connectivity index (χ0v) is 35.7. The molecule has 0 fully saturated rings. The Kier molecular flexibility index (Phi) is 18.0. The van der Waals surface area contributed by atoms with E-state index in [2.05, 4.69) is 70.7 Å². The minimum Gasteiger partial charge on any atom is -1.00 e. The van der Waals surface area contributed by atoms with Crippen molar-refractivity contribution in [2.24, 2.45) is 11.8 Å². The molecule has 10 nitrogen and oxygen atoms in total. The Morgan fingerprint density at radius 3 is 1.43 bits per heavy atom. The number of nitrogens with zero attached hydrogens (tertiary/aromatic N) is 4. The van der Waals surface area contributed by atoms with Gasteiger partial charge in [0.1, 0.15) is 29.6 Å². The largest absolute Gasteiger partial charge is 1.00 e. The van der Waals surface area contributed by atoms with Gasteiger partial charge in [0.25, 0.3) is 0 Å². The van der Waals surface area contributed by atoms with Crippen molar-refractivity contribution in [3.8, 4) is 0 Å². The van der Waals surface area contributed by atoms with Crippen LogP contribution in [0.3, 0.4) is 0 Å². The van der Waals surface area contributed by atoms with Crippen LogP contribution >= 0.6 is 45.8 Å². The monoisotopic (exact) mass is 813 g/mol. The number of carbonyl (C=O) groups is 2. The van der Waals surface area contributed by atoms with E-state index in [9.17, 15) is 9.59 Å². The van der Waals surface area contributed by atoms with Gasteiger partial charge in [-0.25, -0.2) is 19.9 Å². The Bertz CT molecular complexity index is 1250. The first kappa shape index (κ1) is 43.9.